The Hall–Kier alpha value is -4.85. The first-order chi connectivity index (χ1) is 17.6. The molecule has 0 aliphatic rings. The number of hydrogen-bond donors (Lipinski definition) is 2. The van der Waals surface area contributed by atoms with E-state index in [0.29, 0.717) is 28.3 Å². The second kappa shape index (κ2) is 11.5. The number of anilines is 1. The summed E-state index contributed by atoms with van der Waals surface area (Å²) in [6.45, 7) is 0.0179. The highest BCUT2D eigenvalue weighted by Gasteiger charge is 2.15. The van der Waals surface area contributed by atoms with Crippen LogP contribution in [0.15, 0.2) is 90.0 Å². The third-order valence-corrected chi connectivity index (χ3v) is 5.35. The van der Waals surface area contributed by atoms with Crippen LogP contribution in [0.5, 0.6) is 17.2 Å². The lowest BCUT2D eigenvalue weighted by Crippen LogP contribution is -2.26. The standard InChI is InChI=1S/C28H25N3O5/c1-34-24-13-6-5-12-23(24)29-18-27(32)31-30-17-19-14-15-25(26(16-19)35-2)36-28(33)22-11-7-9-20-8-3-4-10-21(20)22/h3-17,29H,18H2,1-2H3,(H,31,32)/b30-17-. The Bertz CT molecular complexity index is 1410. The van der Waals surface area contributed by atoms with Crippen LogP contribution in [0.25, 0.3) is 10.8 Å². The molecule has 36 heavy (non-hydrogen) atoms. The predicted molar refractivity (Wildman–Crippen MR) is 139 cm³/mol. The van der Waals surface area contributed by atoms with Gasteiger partial charge in [0.25, 0.3) is 5.91 Å². The topological polar surface area (TPSA) is 98.3 Å². The summed E-state index contributed by atoms with van der Waals surface area (Å²) in [5.74, 6) is 0.461. The Kier molecular flexibility index (Phi) is 7.77. The van der Waals surface area contributed by atoms with Gasteiger partial charge >= 0.3 is 5.97 Å². The number of rotatable bonds is 9. The van der Waals surface area contributed by atoms with Crippen molar-refractivity contribution in [1.82, 2.24) is 5.43 Å². The number of fused-ring (bicyclic) bond motifs is 1. The van der Waals surface area contributed by atoms with Gasteiger partial charge in [0.1, 0.15) is 5.75 Å². The number of nitrogens with zero attached hydrogens (tertiary/aromatic N) is 1. The van der Waals surface area contributed by atoms with Crippen molar-refractivity contribution in [3.8, 4) is 17.2 Å². The summed E-state index contributed by atoms with van der Waals surface area (Å²) >= 11 is 0. The van der Waals surface area contributed by atoms with Crippen LogP contribution in [-0.2, 0) is 4.79 Å². The zero-order chi connectivity index (χ0) is 25.3. The lowest BCUT2D eigenvalue weighted by atomic mass is 10.0. The second-order valence-electron chi connectivity index (χ2n) is 7.67. The van der Waals surface area contributed by atoms with Crippen molar-refractivity contribution in [2.45, 2.75) is 0 Å². The number of ether oxygens (including phenoxy) is 3. The molecule has 0 heterocycles. The molecular formula is C28H25N3O5. The van der Waals surface area contributed by atoms with Gasteiger partial charge in [-0.1, -0.05) is 48.5 Å². The van der Waals surface area contributed by atoms with Gasteiger partial charge in [0, 0.05) is 0 Å². The summed E-state index contributed by atoms with van der Waals surface area (Å²) in [7, 11) is 3.05. The van der Waals surface area contributed by atoms with Crippen LogP contribution in [0.3, 0.4) is 0 Å². The van der Waals surface area contributed by atoms with E-state index in [0.717, 1.165) is 10.8 Å². The van der Waals surface area contributed by atoms with Gasteiger partial charge in [-0.15, -0.1) is 0 Å². The fourth-order valence-electron chi connectivity index (χ4n) is 3.59. The number of para-hydroxylation sites is 2. The van der Waals surface area contributed by atoms with E-state index >= 15 is 0 Å². The van der Waals surface area contributed by atoms with Gasteiger partial charge in [0.15, 0.2) is 11.5 Å². The number of hydrogen-bond acceptors (Lipinski definition) is 7. The lowest BCUT2D eigenvalue weighted by molar-refractivity contribution is -0.119. The largest absolute Gasteiger partial charge is 0.495 e. The van der Waals surface area contributed by atoms with Crippen molar-refractivity contribution in [1.29, 1.82) is 0 Å². The van der Waals surface area contributed by atoms with E-state index in [-0.39, 0.29) is 18.2 Å². The first kappa shape index (κ1) is 24.3. The van der Waals surface area contributed by atoms with Crippen molar-refractivity contribution < 1.29 is 23.8 Å². The van der Waals surface area contributed by atoms with E-state index in [1.54, 1.807) is 37.4 Å². The van der Waals surface area contributed by atoms with Crippen LogP contribution < -0.4 is 25.0 Å². The molecule has 0 atom stereocenters. The molecule has 2 N–H and O–H groups in total. The molecule has 4 rings (SSSR count). The lowest BCUT2D eigenvalue weighted by Gasteiger charge is -2.11. The highest BCUT2D eigenvalue weighted by Crippen LogP contribution is 2.29. The molecule has 0 unspecified atom stereocenters. The Morgan fingerprint density at radius 1 is 0.833 bits per heavy atom. The van der Waals surface area contributed by atoms with E-state index in [4.69, 9.17) is 14.2 Å². The molecule has 0 fully saturated rings. The summed E-state index contributed by atoms with van der Waals surface area (Å²) in [6, 6.07) is 25.4. The molecule has 0 aliphatic carbocycles. The monoisotopic (exact) mass is 483 g/mol. The number of nitrogens with one attached hydrogen (secondary N) is 2. The van der Waals surface area contributed by atoms with E-state index in [9.17, 15) is 9.59 Å². The van der Waals surface area contributed by atoms with Crippen LogP contribution in [0.4, 0.5) is 5.69 Å². The van der Waals surface area contributed by atoms with Gasteiger partial charge in [0.05, 0.1) is 38.2 Å². The van der Waals surface area contributed by atoms with Crippen LogP contribution >= 0.6 is 0 Å². The smallest absolute Gasteiger partial charge is 0.344 e. The third kappa shape index (κ3) is 5.79. The minimum absolute atomic E-state index is 0.0179. The molecule has 0 radical (unpaired) electrons. The van der Waals surface area contributed by atoms with Gasteiger partial charge < -0.3 is 19.5 Å². The van der Waals surface area contributed by atoms with Crippen molar-refractivity contribution >= 4 is 34.6 Å². The summed E-state index contributed by atoms with van der Waals surface area (Å²) < 4.78 is 16.3. The quantitative estimate of drug-likeness (QED) is 0.156. The van der Waals surface area contributed by atoms with E-state index in [1.807, 2.05) is 54.6 Å². The average Bonchev–Trinajstić information content (AvgIpc) is 2.92. The molecule has 0 aromatic heterocycles. The minimum atomic E-state index is -0.485. The van der Waals surface area contributed by atoms with Crippen LogP contribution in [0.1, 0.15) is 15.9 Å². The number of carbonyl (C=O) groups excluding carboxylic acids is 2. The summed E-state index contributed by atoms with van der Waals surface area (Å²) in [6.07, 6.45) is 1.47. The van der Waals surface area contributed by atoms with Gasteiger partial charge in [-0.2, -0.15) is 5.10 Å². The maximum atomic E-state index is 12.9. The van der Waals surface area contributed by atoms with Crippen molar-refractivity contribution in [3.05, 3.63) is 96.1 Å². The molecule has 4 aromatic rings. The maximum Gasteiger partial charge on any atom is 0.344 e. The Morgan fingerprint density at radius 2 is 1.58 bits per heavy atom. The highest BCUT2D eigenvalue weighted by molar-refractivity contribution is 6.05. The zero-order valence-electron chi connectivity index (χ0n) is 19.9. The van der Waals surface area contributed by atoms with E-state index in [1.165, 1.54) is 13.3 Å². The van der Waals surface area contributed by atoms with Crippen LogP contribution in [-0.4, -0.2) is 38.9 Å². The molecule has 0 saturated heterocycles. The normalized spacial score (nSPS) is 10.7. The van der Waals surface area contributed by atoms with Crippen LogP contribution in [0.2, 0.25) is 0 Å². The van der Waals surface area contributed by atoms with Gasteiger partial charge in [-0.3, -0.25) is 4.79 Å². The van der Waals surface area contributed by atoms with Gasteiger partial charge in [0.2, 0.25) is 0 Å². The number of esters is 1. The maximum absolute atomic E-state index is 12.9. The highest BCUT2D eigenvalue weighted by atomic mass is 16.6. The number of carbonyl (C=O) groups is 2. The number of amides is 1. The van der Waals surface area contributed by atoms with Crippen molar-refractivity contribution in [3.63, 3.8) is 0 Å². The molecule has 182 valence electrons. The minimum Gasteiger partial charge on any atom is -0.495 e. The van der Waals surface area contributed by atoms with E-state index < -0.39 is 5.97 Å². The Morgan fingerprint density at radius 3 is 2.42 bits per heavy atom. The zero-order valence-corrected chi connectivity index (χ0v) is 19.9. The first-order valence-electron chi connectivity index (χ1n) is 11.2. The van der Waals surface area contributed by atoms with Gasteiger partial charge in [-0.05, 0) is 52.7 Å². The number of hydrazone groups is 1. The molecule has 0 aliphatic heterocycles. The SMILES string of the molecule is COc1ccccc1NCC(=O)N/N=C\c1ccc(OC(=O)c2cccc3ccccc23)c(OC)c1. The molecule has 8 heteroatoms. The predicted octanol–water partition coefficient (Wildman–Crippen LogP) is 4.64. The van der Waals surface area contributed by atoms with E-state index in [2.05, 4.69) is 15.8 Å². The van der Waals surface area contributed by atoms with Crippen molar-refractivity contribution in [2.75, 3.05) is 26.1 Å². The summed E-state index contributed by atoms with van der Waals surface area (Å²) in [5, 5.41) is 8.75. The molecule has 4 aromatic carbocycles. The Labute approximate surface area is 208 Å². The molecule has 0 bridgehead atoms. The summed E-state index contributed by atoms with van der Waals surface area (Å²) in [5.41, 5.74) is 4.28. The first-order valence-corrected chi connectivity index (χ1v) is 11.2. The molecule has 0 spiro atoms. The molecule has 1 amide bonds. The number of benzene rings is 4. The third-order valence-electron chi connectivity index (χ3n) is 5.35. The van der Waals surface area contributed by atoms with Gasteiger partial charge in [-0.25, -0.2) is 10.2 Å². The fraction of sp³-hybridized carbons (Fsp3) is 0.107. The fourth-order valence-corrected chi connectivity index (χ4v) is 3.59. The summed E-state index contributed by atoms with van der Waals surface area (Å²) in [4.78, 5) is 25.0. The van der Waals surface area contributed by atoms with Crippen molar-refractivity contribution in [2.24, 2.45) is 5.10 Å². The molecule has 0 saturated carbocycles. The Balaban J connectivity index is 1.38. The number of methoxy groups -OCH3 is 2. The average molecular weight is 484 g/mol. The van der Waals surface area contributed by atoms with Crippen LogP contribution in [0, 0.1) is 0 Å². The molecule has 8 nitrogen and oxygen atoms in total. The molecular weight excluding hydrogens is 458 g/mol. The second-order valence-corrected chi connectivity index (χ2v) is 7.67.